The van der Waals surface area contributed by atoms with Crippen molar-refractivity contribution in [1.29, 1.82) is 0 Å². The molecule has 39 heavy (non-hydrogen) atoms. The van der Waals surface area contributed by atoms with Gasteiger partial charge in [-0.25, -0.2) is 8.42 Å². The Kier molecular flexibility index (Phi) is 10.4. The second kappa shape index (κ2) is 13.3. The monoisotopic (exact) mass is 589 g/mol. The van der Waals surface area contributed by atoms with Crippen LogP contribution in [0, 0.1) is 13.8 Å². The molecule has 0 bridgehead atoms. The minimum atomic E-state index is -3.84. The molecule has 0 aliphatic carbocycles. The summed E-state index contributed by atoms with van der Waals surface area (Å²) in [5, 5.41) is 3.59. The summed E-state index contributed by atoms with van der Waals surface area (Å²) in [5.41, 5.74) is 3.53. The average molecular weight is 591 g/mol. The first kappa shape index (κ1) is 30.5. The molecule has 3 rings (SSSR count). The van der Waals surface area contributed by atoms with Crippen LogP contribution in [-0.2, 0) is 32.6 Å². The molecule has 0 radical (unpaired) electrons. The molecule has 0 aliphatic rings. The van der Waals surface area contributed by atoms with Gasteiger partial charge in [0.25, 0.3) is 0 Å². The summed E-state index contributed by atoms with van der Waals surface area (Å²) in [7, 11) is -3.84. The van der Waals surface area contributed by atoms with Gasteiger partial charge >= 0.3 is 0 Å². The van der Waals surface area contributed by atoms with Crippen LogP contribution < -0.4 is 9.62 Å². The first-order valence-corrected chi connectivity index (χ1v) is 15.1. The molecule has 7 nitrogen and oxygen atoms in total. The van der Waals surface area contributed by atoms with Crippen LogP contribution in [0.4, 0.5) is 5.69 Å². The molecule has 1 N–H and O–H groups in total. The van der Waals surface area contributed by atoms with Crippen molar-refractivity contribution >= 4 is 50.7 Å². The van der Waals surface area contributed by atoms with Crippen molar-refractivity contribution < 1.29 is 18.0 Å². The number of aryl methyl sites for hydroxylation is 2. The Morgan fingerprint density at radius 2 is 1.59 bits per heavy atom. The van der Waals surface area contributed by atoms with Gasteiger partial charge in [0.15, 0.2) is 0 Å². The summed E-state index contributed by atoms with van der Waals surface area (Å²) in [4.78, 5) is 28.8. The Morgan fingerprint density at radius 3 is 2.15 bits per heavy atom. The number of hydrogen-bond acceptors (Lipinski definition) is 4. The van der Waals surface area contributed by atoms with Crippen LogP contribution in [0.1, 0.15) is 29.2 Å². The fourth-order valence-corrected chi connectivity index (χ4v) is 5.69. The minimum absolute atomic E-state index is 0.0199. The van der Waals surface area contributed by atoms with Crippen LogP contribution >= 0.6 is 23.2 Å². The molecule has 0 heterocycles. The molecule has 0 fully saturated rings. The molecule has 2 amide bonds. The molecule has 0 spiro atoms. The molecule has 3 aromatic rings. The Labute approximate surface area is 240 Å². The van der Waals surface area contributed by atoms with Crippen molar-refractivity contribution in [1.82, 2.24) is 10.2 Å². The molecule has 0 unspecified atom stereocenters. The van der Waals surface area contributed by atoms with Crippen molar-refractivity contribution in [3.8, 4) is 0 Å². The summed E-state index contributed by atoms with van der Waals surface area (Å²) in [6.45, 7) is 5.37. The number of benzene rings is 3. The van der Waals surface area contributed by atoms with E-state index in [1.807, 2.05) is 50.2 Å². The third kappa shape index (κ3) is 8.46. The fourth-order valence-electron chi connectivity index (χ4n) is 4.39. The minimum Gasteiger partial charge on any atom is -0.355 e. The van der Waals surface area contributed by atoms with E-state index in [1.165, 1.54) is 4.90 Å². The van der Waals surface area contributed by atoms with Gasteiger partial charge in [0.1, 0.15) is 12.6 Å². The largest absolute Gasteiger partial charge is 0.355 e. The smallest absolute Gasteiger partial charge is 0.244 e. The lowest BCUT2D eigenvalue weighted by Crippen LogP contribution is -2.53. The van der Waals surface area contributed by atoms with Gasteiger partial charge in [-0.15, -0.1) is 0 Å². The SMILES string of the molecule is CCNC(=O)[C@@H](Cc1ccccc1)N(Cc1ccc(Cl)cc1Cl)C(=O)CN(c1cc(C)cc(C)c1)S(C)(=O)=O. The first-order valence-electron chi connectivity index (χ1n) is 12.5. The lowest BCUT2D eigenvalue weighted by atomic mass is 10.0. The highest BCUT2D eigenvalue weighted by Crippen LogP contribution is 2.26. The first-order chi connectivity index (χ1) is 18.4. The number of anilines is 1. The van der Waals surface area contributed by atoms with Crippen LogP contribution in [0.5, 0.6) is 0 Å². The molecular weight excluding hydrogens is 557 g/mol. The highest BCUT2D eigenvalue weighted by molar-refractivity contribution is 7.92. The number of carbonyl (C=O) groups excluding carboxylic acids is 2. The average Bonchev–Trinajstić information content (AvgIpc) is 2.85. The van der Waals surface area contributed by atoms with Crippen LogP contribution in [-0.4, -0.2) is 50.5 Å². The van der Waals surface area contributed by atoms with Gasteiger partial charge in [-0.1, -0.05) is 65.7 Å². The number of halogens is 2. The van der Waals surface area contributed by atoms with Gasteiger partial charge in [0, 0.05) is 29.6 Å². The zero-order valence-electron chi connectivity index (χ0n) is 22.4. The number of sulfonamides is 1. The van der Waals surface area contributed by atoms with Gasteiger partial charge in [-0.2, -0.15) is 0 Å². The molecule has 1 atom stereocenters. The van der Waals surface area contributed by atoms with Gasteiger partial charge in [-0.3, -0.25) is 13.9 Å². The Morgan fingerprint density at radius 1 is 0.949 bits per heavy atom. The topological polar surface area (TPSA) is 86.8 Å². The number of carbonyl (C=O) groups is 2. The molecule has 10 heteroatoms. The molecular formula is C29H33Cl2N3O4S. The van der Waals surface area contributed by atoms with Gasteiger partial charge in [-0.05, 0) is 67.3 Å². The predicted molar refractivity (Wildman–Crippen MR) is 158 cm³/mol. The standard InChI is InChI=1S/C29H33Cl2N3O4S/c1-5-32-29(36)27(16-22-9-7-6-8-10-22)33(18-23-11-12-24(30)17-26(23)31)28(35)19-34(39(4,37)38)25-14-20(2)13-21(3)15-25/h6-15,17,27H,5,16,18-19H2,1-4H3,(H,32,36)/t27-/m1/s1. The highest BCUT2D eigenvalue weighted by Gasteiger charge is 2.33. The molecule has 0 aromatic heterocycles. The maximum absolute atomic E-state index is 14.0. The van der Waals surface area contributed by atoms with Crippen LogP contribution in [0.3, 0.4) is 0 Å². The molecule has 3 aromatic carbocycles. The van der Waals surface area contributed by atoms with Crippen molar-refractivity contribution in [2.75, 3.05) is 23.7 Å². The summed E-state index contributed by atoms with van der Waals surface area (Å²) < 4.78 is 26.9. The Hall–Kier alpha value is -3.07. The second-order valence-corrected chi connectivity index (χ2v) is 12.2. The number of rotatable bonds is 11. The Balaban J connectivity index is 2.08. The zero-order valence-corrected chi connectivity index (χ0v) is 24.8. The molecule has 208 valence electrons. The number of nitrogens with zero attached hydrogens (tertiary/aromatic N) is 2. The van der Waals surface area contributed by atoms with Crippen molar-refractivity contribution in [3.05, 3.63) is 99.0 Å². The lowest BCUT2D eigenvalue weighted by Gasteiger charge is -2.33. The quantitative estimate of drug-likeness (QED) is 0.335. The highest BCUT2D eigenvalue weighted by atomic mass is 35.5. The summed E-state index contributed by atoms with van der Waals surface area (Å²) in [6.07, 6.45) is 1.29. The second-order valence-electron chi connectivity index (χ2n) is 9.47. The van der Waals surface area contributed by atoms with Crippen LogP contribution in [0.25, 0.3) is 0 Å². The number of nitrogens with one attached hydrogen (secondary N) is 1. The van der Waals surface area contributed by atoms with Crippen molar-refractivity contribution in [2.45, 2.75) is 39.8 Å². The van der Waals surface area contributed by atoms with Crippen molar-refractivity contribution in [3.63, 3.8) is 0 Å². The van der Waals surface area contributed by atoms with Gasteiger partial charge in [0.05, 0.1) is 11.9 Å². The van der Waals surface area contributed by atoms with E-state index >= 15 is 0 Å². The van der Waals surface area contributed by atoms with E-state index in [0.717, 1.165) is 27.3 Å². The van der Waals surface area contributed by atoms with Crippen molar-refractivity contribution in [2.24, 2.45) is 0 Å². The van der Waals surface area contributed by atoms with Gasteiger partial charge < -0.3 is 10.2 Å². The maximum atomic E-state index is 14.0. The van der Waals surface area contributed by atoms with E-state index in [-0.39, 0.29) is 18.9 Å². The van der Waals surface area contributed by atoms with E-state index in [0.29, 0.717) is 27.8 Å². The summed E-state index contributed by atoms with van der Waals surface area (Å²) >= 11 is 12.6. The lowest BCUT2D eigenvalue weighted by molar-refractivity contribution is -0.140. The fraction of sp³-hybridized carbons (Fsp3) is 0.310. The predicted octanol–water partition coefficient (Wildman–Crippen LogP) is 5.15. The molecule has 0 saturated carbocycles. The molecule has 0 aliphatic heterocycles. The van der Waals surface area contributed by atoms with E-state index in [2.05, 4.69) is 5.32 Å². The number of hydrogen-bond donors (Lipinski definition) is 1. The van der Waals surface area contributed by atoms with Crippen LogP contribution in [0.15, 0.2) is 66.7 Å². The third-order valence-corrected chi connectivity index (χ3v) is 7.88. The van der Waals surface area contributed by atoms with E-state index in [9.17, 15) is 18.0 Å². The number of likely N-dealkylation sites (N-methyl/N-ethyl adjacent to an activating group) is 1. The maximum Gasteiger partial charge on any atom is 0.244 e. The van der Waals surface area contributed by atoms with E-state index in [1.54, 1.807) is 37.3 Å². The Bertz CT molecular complexity index is 1410. The van der Waals surface area contributed by atoms with E-state index in [4.69, 9.17) is 23.2 Å². The van der Waals surface area contributed by atoms with E-state index < -0.39 is 28.5 Å². The number of amides is 2. The van der Waals surface area contributed by atoms with Gasteiger partial charge in [0.2, 0.25) is 21.8 Å². The zero-order chi connectivity index (χ0) is 28.7. The third-order valence-electron chi connectivity index (χ3n) is 6.15. The molecule has 0 saturated heterocycles. The normalized spacial score (nSPS) is 12.1. The summed E-state index contributed by atoms with van der Waals surface area (Å²) in [5.74, 6) is -0.894. The van der Waals surface area contributed by atoms with Crippen LogP contribution in [0.2, 0.25) is 10.0 Å². The summed E-state index contributed by atoms with van der Waals surface area (Å²) in [6, 6.07) is 18.7.